The van der Waals surface area contributed by atoms with Gasteiger partial charge in [0, 0.05) is 0 Å². The van der Waals surface area contributed by atoms with Gasteiger partial charge in [0.2, 0.25) is 0 Å². The zero-order chi connectivity index (χ0) is 18.1. The summed E-state index contributed by atoms with van der Waals surface area (Å²) in [4.78, 5) is 17.2. The van der Waals surface area contributed by atoms with Crippen molar-refractivity contribution in [3.8, 4) is 0 Å². The lowest BCUT2D eigenvalue weighted by Gasteiger charge is -2.34. The van der Waals surface area contributed by atoms with E-state index in [1.165, 1.54) is 4.90 Å². The van der Waals surface area contributed by atoms with Crippen LogP contribution >= 0.6 is 0 Å². The molecule has 0 aliphatic carbocycles. The van der Waals surface area contributed by atoms with Crippen molar-refractivity contribution < 1.29 is 18.7 Å². The monoisotopic (exact) mass is 334 g/mol. The van der Waals surface area contributed by atoms with Crippen molar-refractivity contribution in [3.05, 3.63) is 41.2 Å². The molecular weight excluding hydrogens is 311 g/mol. The van der Waals surface area contributed by atoms with E-state index in [9.17, 15) is 9.18 Å². The highest BCUT2D eigenvalue weighted by atomic mass is 19.1. The molecule has 24 heavy (non-hydrogen) atoms. The molecule has 1 aliphatic heterocycles. The lowest BCUT2D eigenvalue weighted by Crippen LogP contribution is -2.50. The highest BCUT2D eigenvalue weighted by Crippen LogP contribution is 2.42. The van der Waals surface area contributed by atoms with Crippen LogP contribution in [0.15, 0.2) is 24.3 Å². The molecule has 0 N–H and O–H groups in total. The van der Waals surface area contributed by atoms with E-state index in [1.807, 2.05) is 0 Å². The summed E-state index contributed by atoms with van der Waals surface area (Å²) in [6.07, 6.45) is -1.22. The van der Waals surface area contributed by atoms with E-state index >= 15 is 0 Å². The van der Waals surface area contributed by atoms with Gasteiger partial charge in [0.25, 0.3) is 0 Å². The van der Waals surface area contributed by atoms with Crippen molar-refractivity contribution in [2.24, 2.45) is 0 Å². The van der Waals surface area contributed by atoms with Gasteiger partial charge < -0.3 is 9.47 Å². The molecule has 2 rings (SSSR count). The molecule has 6 heteroatoms. The van der Waals surface area contributed by atoms with Crippen LogP contribution in [0.5, 0.6) is 0 Å². The van der Waals surface area contributed by atoms with Gasteiger partial charge >= 0.3 is 6.09 Å². The average molecular weight is 334 g/mol. The molecule has 2 unspecified atom stereocenters. The molecule has 1 amide bonds. The molecule has 130 valence electrons. The quantitative estimate of drug-likeness (QED) is 0.741. The summed E-state index contributed by atoms with van der Waals surface area (Å²) in [5, 5.41) is 0. The van der Waals surface area contributed by atoms with Crippen molar-refractivity contribution in [3.63, 3.8) is 0 Å². The Balaban J connectivity index is 2.32. The van der Waals surface area contributed by atoms with Crippen molar-refractivity contribution in [1.82, 2.24) is 4.90 Å². The second kappa shape index (κ2) is 6.40. The summed E-state index contributed by atoms with van der Waals surface area (Å²) < 4.78 is 25.2. The maximum Gasteiger partial charge on any atom is 0.413 e. The first kappa shape index (κ1) is 18.2. The summed E-state index contributed by atoms with van der Waals surface area (Å²) in [5.41, 5.74) is -0.452. The molecule has 1 aromatic carbocycles. The minimum atomic E-state index is -0.998. The maximum absolute atomic E-state index is 13.8. The fourth-order valence-corrected chi connectivity index (χ4v) is 2.83. The predicted molar refractivity (Wildman–Crippen MR) is 88.4 cm³/mol. The standard InChI is InChI=1S/C18H23FN2O3/c1-17(2,3)24-16(22)21-14(11-19)15(23-18(21,4)5)12-7-9-13(20-6)10-8-12/h7-10,14-15H,11H2,1-5H3. The van der Waals surface area contributed by atoms with E-state index in [0.717, 1.165) is 5.56 Å². The third-order valence-corrected chi connectivity index (χ3v) is 3.78. The van der Waals surface area contributed by atoms with E-state index < -0.39 is 36.2 Å². The molecule has 0 radical (unpaired) electrons. The zero-order valence-corrected chi connectivity index (χ0v) is 14.7. The third kappa shape index (κ3) is 3.68. The van der Waals surface area contributed by atoms with Crippen LogP contribution in [0, 0.1) is 6.57 Å². The Labute approximate surface area is 142 Å². The summed E-state index contributed by atoms with van der Waals surface area (Å²) in [7, 11) is 0. The van der Waals surface area contributed by atoms with E-state index in [1.54, 1.807) is 58.9 Å². The summed E-state index contributed by atoms with van der Waals surface area (Å²) >= 11 is 0. The second-order valence-electron chi connectivity index (χ2n) is 7.26. The number of hydrogen-bond acceptors (Lipinski definition) is 3. The van der Waals surface area contributed by atoms with E-state index in [2.05, 4.69) is 4.85 Å². The number of rotatable bonds is 2. The molecule has 1 heterocycles. The van der Waals surface area contributed by atoms with Crippen molar-refractivity contribution in [2.45, 2.75) is 58.1 Å². The average Bonchev–Trinajstić information content (AvgIpc) is 2.76. The van der Waals surface area contributed by atoms with Crippen LogP contribution in [0.2, 0.25) is 0 Å². The largest absolute Gasteiger partial charge is 0.444 e. The van der Waals surface area contributed by atoms with Gasteiger partial charge in [0.05, 0.1) is 12.6 Å². The van der Waals surface area contributed by atoms with E-state index in [4.69, 9.17) is 16.0 Å². The molecular formula is C18H23FN2O3. The molecule has 0 bridgehead atoms. The highest BCUT2D eigenvalue weighted by Gasteiger charge is 2.51. The van der Waals surface area contributed by atoms with E-state index in [0.29, 0.717) is 5.69 Å². The number of alkyl halides is 1. The first-order valence-electron chi connectivity index (χ1n) is 7.82. The van der Waals surface area contributed by atoms with Gasteiger partial charge in [-0.3, -0.25) is 4.90 Å². The van der Waals surface area contributed by atoms with Gasteiger partial charge in [0.1, 0.15) is 24.1 Å². The molecule has 1 aromatic rings. The number of amides is 1. The molecule has 1 fully saturated rings. The fourth-order valence-electron chi connectivity index (χ4n) is 2.83. The highest BCUT2D eigenvalue weighted by molar-refractivity contribution is 5.70. The molecule has 5 nitrogen and oxygen atoms in total. The Morgan fingerprint density at radius 2 is 1.96 bits per heavy atom. The second-order valence-corrected chi connectivity index (χ2v) is 7.26. The van der Waals surface area contributed by atoms with Gasteiger partial charge in [-0.2, -0.15) is 0 Å². The normalized spacial score (nSPS) is 23.0. The summed E-state index contributed by atoms with van der Waals surface area (Å²) in [5.74, 6) is 0. The van der Waals surface area contributed by atoms with Crippen LogP contribution in [-0.2, 0) is 9.47 Å². The SMILES string of the molecule is [C-]#[N+]c1ccc(C2OC(C)(C)N(C(=O)OC(C)(C)C)C2CF)cc1. The van der Waals surface area contributed by atoms with Crippen LogP contribution in [0.25, 0.3) is 4.85 Å². The minimum Gasteiger partial charge on any atom is -0.444 e. The molecule has 1 aliphatic rings. The number of halogens is 1. The summed E-state index contributed by atoms with van der Waals surface area (Å²) in [6, 6.07) is 5.99. The van der Waals surface area contributed by atoms with Crippen molar-refractivity contribution >= 4 is 11.8 Å². The first-order chi connectivity index (χ1) is 11.1. The zero-order valence-electron chi connectivity index (χ0n) is 14.7. The number of carbonyl (C=O) groups is 1. The Morgan fingerprint density at radius 3 is 2.42 bits per heavy atom. The van der Waals surface area contributed by atoms with Crippen LogP contribution < -0.4 is 0 Å². The fraction of sp³-hybridized carbons (Fsp3) is 0.556. The molecule has 0 aromatic heterocycles. The first-order valence-corrected chi connectivity index (χ1v) is 7.82. The lowest BCUT2D eigenvalue weighted by atomic mass is 10.0. The van der Waals surface area contributed by atoms with Gasteiger partial charge in [-0.05, 0) is 40.2 Å². The lowest BCUT2D eigenvalue weighted by molar-refractivity contribution is -0.0797. The Morgan fingerprint density at radius 1 is 1.38 bits per heavy atom. The Kier molecular flexibility index (Phi) is 4.86. The van der Waals surface area contributed by atoms with Crippen LogP contribution in [-0.4, -0.2) is 35.0 Å². The Bertz CT molecular complexity index is 644. The smallest absolute Gasteiger partial charge is 0.413 e. The van der Waals surface area contributed by atoms with Gasteiger partial charge in [-0.15, -0.1) is 0 Å². The number of carbonyl (C=O) groups excluding carboxylic acids is 1. The van der Waals surface area contributed by atoms with Crippen molar-refractivity contribution in [2.75, 3.05) is 6.67 Å². The van der Waals surface area contributed by atoms with Crippen molar-refractivity contribution in [1.29, 1.82) is 0 Å². The summed E-state index contributed by atoms with van der Waals surface area (Å²) in [6.45, 7) is 15.0. The van der Waals surface area contributed by atoms with Crippen LogP contribution in [0.4, 0.5) is 14.9 Å². The van der Waals surface area contributed by atoms with Gasteiger partial charge in [-0.1, -0.05) is 24.3 Å². The molecule has 0 spiro atoms. The number of ether oxygens (including phenoxy) is 2. The van der Waals surface area contributed by atoms with Crippen LogP contribution in [0.3, 0.4) is 0 Å². The topological polar surface area (TPSA) is 43.1 Å². The minimum absolute atomic E-state index is 0.497. The molecule has 2 atom stereocenters. The predicted octanol–water partition coefficient (Wildman–Crippen LogP) is 4.62. The number of nitrogens with zero attached hydrogens (tertiary/aromatic N) is 2. The van der Waals surface area contributed by atoms with Gasteiger partial charge in [0.15, 0.2) is 5.69 Å². The Hall–Kier alpha value is -2.13. The number of hydrogen-bond donors (Lipinski definition) is 0. The van der Waals surface area contributed by atoms with Crippen LogP contribution in [0.1, 0.15) is 46.3 Å². The molecule has 1 saturated heterocycles. The maximum atomic E-state index is 13.8. The van der Waals surface area contributed by atoms with E-state index in [-0.39, 0.29) is 0 Å². The van der Waals surface area contributed by atoms with Gasteiger partial charge in [-0.25, -0.2) is 14.0 Å². The third-order valence-electron chi connectivity index (χ3n) is 3.78. The number of benzene rings is 1. The molecule has 0 saturated carbocycles.